The average molecular weight is 451 g/mol. The Balaban J connectivity index is 2.35. The number of β-amino-alcohol motifs (C(OH)–C–C–N with tert-alkyl or cyclic N) is 1. The molecule has 1 aromatic rings. The molecule has 12 heteroatoms. The van der Waals surface area contributed by atoms with E-state index in [4.69, 9.17) is 4.74 Å². The summed E-state index contributed by atoms with van der Waals surface area (Å²) in [5.41, 5.74) is 0.0443. The van der Waals surface area contributed by atoms with Crippen molar-refractivity contribution in [1.82, 2.24) is 10.2 Å². The number of rotatable bonds is 9. The Morgan fingerprint density at radius 3 is 2.41 bits per heavy atom. The third-order valence-electron chi connectivity index (χ3n) is 5.18. The Kier molecular flexibility index (Phi) is 8.24. The normalized spacial score (nSPS) is 19.7. The van der Waals surface area contributed by atoms with Crippen LogP contribution < -0.4 is 5.32 Å². The summed E-state index contributed by atoms with van der Waals surface area (Å²) in [6, 6.07) is 2.29. The molecule has 1 aliphatic rings. The molecule has 1 fully saturated rings. The quantitative estimate of drug-likeness (QED) is 0.268. The van der Waals surface area contributed by atoms with E-state index in [0.717, 1.165) is 4.90 Å². The minimum Gasteiger partial charge on any atom is -0.480 e. The fraction of sp³-hybridized carbons (Fsp3) is 0.500. The van der Waals surface area contributed by atoms with E-state index in [1.807, 2.05) is 0 Å². The molecule has 3 N–H and O–H groups in total. The maximum absolute atomic E-state index is 12.8. The van der Waals surface area contributed by atoms with Gasteiger partial charge < -0.3 is 25.2 Å². The van der Waals surface area contributed by atoms with E-state index in [1.165, 1.54) is 31.2 Å². The van der Waals surface area contributed by atoms with Crippen LogP contribution in [-0.2, 0) is 23.9 Å². The highest BCUT2D eigenvalue weighted by Gasteiger charge is 2.41. The van der Waals surface area contributed by atoms with Crippen LogP contribution in [-0.4, -0.2) is 75.1 Å². The third kappa shape index (κ3) is 6.00. The molecule has 174 valence electrons. The van der Waals surface area contributed by atoms with Crippen molar-refractivity contribution in [2.75, 3.05) is 13.2 Å². The minimum atomic E-state index is -1.60. The molecule has 0 aliphatic carbocycles. The van der Waals surface area contributed by atoms with Crippen LogP contribution in [0.5, 0.6) is 0 Å². The van der Waals surface area contributed by atoms with Crippen LogP contribution in [0.2, 0.25) is 0 Å². The number of amides is 2. The van der Waals surface area contributed by atoms with Crippen LogP contribution >= 0.6 is 0 Å². The standard InChI is InChI=1S/C20H25N3O9/c1-3-32-17(26)9-15(12-4-6-13(7-5-12)23(30)31)18(20(28)29)21-19(27)16-8-14(25)10-22(16)11(2)24/h4-7,14-16,18,25H,3,8-10H2,1-2H3,(H,21,27)(H,28,29)/t14-,15-,16+,18+/m1/s1. The lowest BCUT2D eigenvalue weighted by Gasteiger charge is -2.28. The first kappa shape index (κ1) is 24.7. The van der Waals surface area contributed by atoms with Gasteiger partial charge in [0, 0.05) is 37.9 Å². The molecule has 0 spiro atoms. The van der Waals surface area contributed by atoms with Crippen molar-refractivity contribution in [1.29, 1.82) is 0 Å². The maximum atomic E-state index is 12.8. The lowest BCUT2D eigenvalue weighted by molar-refractivity contribution is -0.384. The lowest BCUT2D eigenvalue weighted by atomic mass is 9.88. The predicted molar refractivity (Wildman–Crippen MR) is 108 cm³/mol. The number of nitrogens with one attached hydrogen (secondary N) is 1. The van der Waals surface area contributed by atoms with Crippen molar-refractivity contribution in [3.63, 3.8) is 0 Å². The zero-order chi connectivity index (χ0) is 24.0. The number of aliphatic hydroxyl groups is 1. The SMILES string of the molecule is CCOC(=O)C[C@H](c1ccc([N+](=O)[O-])cc1)[C@H](NC(=O)[C@@H]1C[C@@H](O)CN1C(C)=O)C(=O)O. The molecule has 0 aromatic heterocycles. The Labute approximate surface area is 183 Å². The van der Waals surface area contributed by atoms with Gasteiger partial charge >= 0.3 is 11.9 Å². The van der Waals surface area contributed by atoms with E-state index in [-0.39, 0.29) is 30.8 Å². The number of likely N-dealkylation sites (tertiary alicyclic amines) is 1. The molecule has 1 heterocycles. The number of carbonyl (C=O) groups excluding carboxylic acids is 3. The largest absolute Gasteiger partial charge is 0.480 e. The summed E-state index contributed by atoms with van der Waals surface area (Å²) >= 11 is 0. The summed E-state index contributed by atoms with van der Waals surface area (Å²) in [6.07, 6.45) is -1.40. The molecule has 2 rings (SSSR count). The second-order valence-corrected chi connectivity index (χ2v) is 7.37. The Morgan fingerprint density at radius 1 is 1.28 bits per heavy atom. The number of aliphatic hydroxyl groups excluding tert-OH is 1. The molecular formula is C20H25N3O9. The number of nitrogens with zero attached hydrogens (tertiary/aromatic N) is 2. The van der Waals surface area contributed by atoms with Gasteiger partial charge in [-0.3, -0.25) is 24.5 Å². The number of carboxylic acids is 1. The summed E-state index contributed by atoms with van der Waals surface area (Å²) in [7, 11) is 0. The molecule has 4 atom stereocenters. The number of carboxylic acid groups (broad SMARTS) is 1. The minimum absolute atomic E-state index is 0.0558. The van der Waals surface area contributed by atoms with Crippen LogP contribution in [0.15, 0.2) is 24.3 Å². The predicted octanol–water partition coefficient (Wildman–Crippen LogP) is 0.183. The first-order valence-electron chi connectivity index (χ1n) is 9.93. The second-order valence-electron chi connectivity index (χ2n) is 7.37. The Bertz CT molecular complexity index is 887. The fourth-order valence-corrected chi connectivity index (χ4v) is 3.67. The molecule has 0 saturated carbocycles. The maximum Gasteiger partial charge on any atom is 0.326 e. The van der Waals surface area contributed by atoms with Crippen LogP contribution in [0.4, 0.5) is 5.69 Å². The first-order chi connectivity index (χ1) is 15.0. The number of non-ortho nitro benzene ring substituents is 1. The summed E-state index contributed by atoms with van der Waals surface area (Å²) in [5, 5.41) is 32.9. The van der Waals surface area contributed by atoms with Gasteiger partial charge in [-0.1, -0.05) is 12.1 Å². The zero-order valence-electron chi connectivity index (χ0n) is 17.6. The summed E-state index contributed by atoms with van der Waals surface area (Å²) in [6.45, 7) is 2.81. The lowest BCUT2D eigenvalue weighted by Crippen LogP contribution is -2.52. The molecule has 0 bridgehead atoms. The van der Waals surface area contributed by atoms with Crippen molar-refractivity contribution >= 4 is 29.4 Å². The van der Waals surface area contributed by atoms with Gasteiger partial charge in [0.1, 0.15) is 12.1 Å². The van der Waals surface area contributed by atoms with Crippen molar-refractivity contribution in [3.05, 3.63) is 39.9 Å². The zero-order valence-corrected chi connectivity index (χ0v) is 17.6. The molecule has 1 aliphatic heterocycles. The number of ether oxygens (including phenoxy) is 1. The van der Waals surface area contributed by atoms with Crippen LogP contribution in [0, 0.1) is 10.1 Å². The number of hydrogen-bond donors (Lipinski definition) is 3. The number of nitro groups is 1. The van der Waals surface area contributed by atoms with Gasteiger partial charge in [-0.05, 0) is 12.5 Å². The van der Waals surface area contributed by atoms with Crippen LogP contribution in [0.25, 0.3) is 0 Å². The number of esters is 1. The molecule has 32 heavy (non-hydrogen) atoms. The van der Waals surface area contributed by atoms with Gasteiger partial charge in [0.05, 0.1) is 24.1 Å². The third-order valence-corrected chi connectivity index (χ3v) is 5.18. The Morgan fingerprint density at radius 2 is 1.91 bits per heavy atom. The number of benzene rings is 1. The topological polar surface area (TPSA) is 176 Å². The molecule has 12 nitrogen and oxygen atoms in total. The van der Waals surface area contributed by atoms with Gasteiger partial charge in [0.25, 0.3) is 5.69 Å². The van der Waals surface area contributed by atoms with Gasteiger partial charge in [0.15, 0.2) is 0 Å². The molecule has 1 aromatic carbocycles. The smallest absolute Gasteiger partial charge is 0.326 e. The van der Waals surface area contributed by atoms with Gasteiger partial charge in [-0.15, -0.1) is 0 Å². The van der Waals surface area contributed by atoms with Crippen LogP contribution in [0.3, 0.4) is 0 Å². The summed E-state index contributed by atoms with van der Waals surface area (Å²) in [5.74, 6) is -4.50. The highest BCUT2D eigenvalue weighted by atomic mass is 16.6. The van der Waals surface area contributed by atoms with E-state index in [2.05, 4.69) is 5.32 Å². The van der Waals surface area contributed by atoms with Gasteiger partial charge in [-0.2, -0.15) is 0 Å². The second kappa shape index (κ2) is 10.7. The van der Waals surface area contributed by atoms with Gasteiger partial charge in [0.2, 0.25) is 11.8 Å². The van der Waals surface area contributed by atoms with Gasteiger partial charge in [-0.25, -0.2) is 4.79 Å². The number of carbonyl (C=O) groups is 4. The van der Waals surface area contributed by atoms with Crippen molar-refractivity contribution in [3.8, 4) is 0 Å². The fourth-order valence-electron chi connectivity index (χ4n) is 3.67. The summed E-state index contributed by atoms with van der Waals surface area (Å²) in [4.78, 5) is 60.2. The molecule has 0 radical (unpaired) electrons. The number of nitro benzene ring substituents is 1. The van der Waals surface area contributed by atoms with Crippen LogP contribution in [0.1, 0.15) is 38.2 Å². The molecular weight excluding hydrogens is 426 g/mol. The van der Waals surface area contributed by atoms with Crippen molar-refractivity contribution in [2.45, 2.75) is 50.8 Å². The highest BCUT2D eigenvalue weighted by Crippen LogP contribution is 2.28. The van der Waals surface area contributed by atoms with E-state index >= 15 is 0 Å². The van der Waals surface area contributed by atoms with Crippen molar-refractivity contribution in [2.24, 2.45) is 0 Å². The van der Waals surface area contributed by atoms with Crippen molar-refractivity contribution < 1.29 is 39.1 Å². The average Bonchev–Trinajstić information content (AvgIpc) is 3.12. The van der Waals surface area contributed by atoms with E-state index in [1.54, 1.807) is 6.92 Å². The first-order valence-corrected chi connectivity index (χ1v) is 9.93. The summed E-state index contributed by atoms with van der Waals surface area (Å²) < 4.78 is 4.91. The monoisotopic (exact) mass is 451 g/mol. The van der Waals surface area contributed by atoms with E-state index in [9.17, 15) is 39.5 Å². The Hall–Kier alpha value is -3.54. The molecule has 1 saturated heterocycles. The van der Waals surface area contributed by atoms with E-state index in [0.29, 0.717) is 0 Å². The van der Waals surface area contributed by atoms with E-state index < -0.39 is 59.2 Å². The molecule has 0 unspecified atom stereocenters. The highest BCUT2D eigenvalue weighted by molar-refractivity contribution is 5.91. The number of hydrogen-bond acceptors (Lipinski definition) is 8. The number of aliphatic carboxylic acids is 1. The molecule has 2 amide bonds.